The van der Waals surface area contributed by atoms with Gasteiger partial charge in [0.25, 0.3) is 11.7 Å². The van der Waals surface area contributed by atoms with E-state index in [2.05, 4.69) is 5.43 Å². The molecule has 0 spiro atoms. The van der Waals surface area contributed by atoms with E-state index in [1.165, 1.54) is 7.05 Å². The van der Waals surface area contributed by atoms with Crippen molar-refractivity contribution < 1.29 is 15.0 Å². The van der Waals surface area contributed by atoms with E-state index in [0.717, 1.165) is 10.6 Å². The van der Waals surface area contributed by atoms with E-state index in [-0.39, 0.29) is 0 Å². The molecule has 5 heteroatoms. The van der Waals surface area contributed by atoms with Crippen LogP contribution in [0.2, 0.25) is 0 Å². The SMILES string of the molecule is Cc1ccc(C2NN(C)C(=O)C2(O)O)cc1. The maximum atomic E-state index is 11.4. The Bertz CT molecular complexity index is 414. The van der Waals surface area contributed by atoms with Gasteiger partial charge in [-0.05, 0) is 12.5 Å². The van der Waals surface area contributed by atoms with E-state index in [1.54, 1.807) is 12.1 Å². The van der Waals surface area contributed by atoms with Crippen LogP contribution in [-0.2, 0) is 4.79 Å². The van der Waals surface area contributed by atoms with Gasteiger partial charge in [0.05, 0.1) is 0 Å². The highest BCUT2D eigenvalue weighted by molar-refractivity contribution is 5.85. The molecule has 1 fully saturated rings. The first-order chi connectivity index (χ1) is 7.43. The number of benzene rings is 1. The first-order valence-corrected chi connectivity index (χ1v) is 4.98. The van der Waals surface area contributed by atoms with Gasteiger partial charge in [0.15, 0.2) is 0 Å². The number of hydrogen-bond donors (Lipinski definition) is 3. The van der Waals surface area contributed by atoms with Gasteiger partial charge in [-0.3, -0.25) is 9.80 Å². The van der Waals surface area contributed by atoms with Crippen molar-refractivity contribution in [3.8, 4) is 0 Å². The van der Waals surface area contributed by atoms with Gasteiger partial charge in [-0.1, -0.05) is 29.8 Å². The number of carbonyl (C=O) groups is 1. The molecule has 1 aromatic carbocycles. The van der Waals surface area contributed by atoms with Crippen LogP contribution >= 0.6 is 0 Å². The fraction of sp³-hybridized carbons (Fsp3) is 0.364. The molecule has 1 atom stereocenters. The van der Waals surface area contributed by atoms with E-state index in [9.17, 15) is 15.0 Å². The summed E-state index contributed by atoms with van der Waals surface area (Å²) in [5.74, 6) is -3.14. The molecule has 0 aliphatic carbocycles. The third-order valence-corrected chi connectivity index (χ3v) is 2.76. The number of likely N-dealkylation sites (N-methyl/N-ethyl adjacent to an activating group) is 1. The van der Waals surface area contributed by atoms with E-state index in [4.69, 9.17) is 0 Å². The highest BCUT2D eigenvalue weighted by Gasteiger charge is 2.51. The maximum absolute atomic E-state index is 11.4. The van der Waals surface area contributed by atoms with Crippen LogP contribution in [0.3, 0.4) is 0 Å². The average molecular weight is 222 g/mol. The predicted molar refractivity (Wildman–Crippen MR) is 57.0 cm³/mol. The van der Waals surface area contributed by atoms with Crippen LogP contribution in [0.5, 0.6) is 0 Å². The molecule has 0 bridgehead atoms. The summed E-state index contributed by atoms with van der Waals surface area (Å²) in [6, 6.07) is 6.41. The first-order valence-electron chi connectivity index (χ1n) is 4.98. The second kappa shape index (κ2) is 3.55. The number of aliphatic hydroxyl groups is 2. The van der Waals surface area contributed by atoms with Crippen LogP contribution in [-0.4, -0.2) is 34.0 Å². The number of hydrazine groups is 1. The van der Waals surface area contributed by atoms with Crippen LogP contribution in [0.15, 0.2) is 24.3 Å². The summed E-state index contributed by atoms with van der Waals surface area (Å²) in [7, 11) is 1.46. The molecular weight excluding hydrogens is 208 g/mol. The largest absolute Gasteiger partial charge is 0.357 e. The fourth-order valence-electron chi connectivity index (χ4n) is 1.78. The highest BCUT2D eigenvalue weighted by Crippen LogP contribution is 2.30. The normalized spacial score (nSPS) is 23.9. The minimum absolute atomic E-state index is 0.660. The number of aryl methyl sites for hydroxylation is 1. The minimum atomic E-state index is -2.38. The lowest BCUT2D eigenvalue weighted by atomic mass is 9.99. The topological polar surface area (TPSA) is 72.8 Å². The summed E-state index contributed by atoms with van der Waals surface area (Å²) in [6.07, 6.45) is 0. The zero-order valence-corrected chi connectivity index (χ0v) is 9.14. The van der Waals surface area contributed by atoms with Crippen molar-refractivity contribution in [2.24, 2.45) is 0 Å². The zero-order chi connectivity index (χ0) is 11.9. The van der Waals surface area contributed by atoms with Crippen LogP contribution < -0.4 is 5.43 Å². The highest BCUT2D eigenvalue weighted by atomic mass is 16.5. The van der Waals surface area contributed by atoms with Gasteiger partial charge < -0.3 is 10.2 Å². The zero-order valence-electron chi connectivity index (χ0n) is 9.14. The lowest BCUT2D eigenvalue weighted by molar-refractivity contribution is -0.186. The first kappa shape index (κ1) is 11.1. The molecule has 16 heavy (non-hydrogen) atoms. The van der Waals surface area contributed by atoms with Crippen LogP contribution in [0.25, 0.3) is 0 Å². The van der Waals surface area contributed by atoms with E-state index < -0.39 is 17.7 Å². The molecule has 1 unspecified atom stereocenters. The third-order valence-electron chi connectivity index (χ3n) is 2.76. The fourth-order valence-corrected chi connectivity index (χ4v) is 1.78. The Balaban J connectivity index is 2.35. The Kier molecular flexibility index (Phi) is 2.46. The van der Waals surface area contributed by atoms with Crippen molar-refractivity contribution in [2.45, 2.75) is 18.8 Å². The maximum Gasteiger partial charge on any atom is 0.298 e. The standard InChI is InChI=1S/C11H14N2O3/c1-7-3-5-8(6-4-7)9-11(15,16)10(14)13(2)12-9/h3-6,9,12,15-16H,1-2H3. The molecule has 5 nitrogen and oxygen atoms in total. The summed E-state index contributed by atoms with van der Waals surface area (Å²) in [6.45, 7) is 1.94. The monoisotopic (exact) mass is 222 g/mol. The summed E-state index contributed by atoms with van der Waals surface area (Å²) >= 11 is 0. The Hall–Kier alpha value is -1.43. The Morgan fingerprint density at radius 1 is 1.31 bits per heavy atom. The second-order valence-electron chi connectivity index (χ2n) is 4.06. The minimum Gasteiger partial charge on any atom is -0.357 e. The summed E-state index contributed by atoms with van der Waals surface area (Å²) in [5.41, 5.74) is 4.45. The number of hydrogen-bond acceptors (Lipinski definition) is 4. The number of nitrogens with one attached hydrogen (secondary N) is 1. The molecule has 1 aliphatic heterocycles. The lowest BCUT2D eigenvalue weighted by Gasteiger charge is -2.20. The summed E-state index contributed by atoms with van der Waals surface area (Å²) in [5, 5.41) is 20.5. The summed E-state index contributed by atoms with van der Waals surface area (Å²) < 4.78 is 0. The second-order valence-corrected chi connectivity index (χ2v) is 4.06. The van der Waals surface area contributed by atoms with E-state index in [1.807, 2.05) is 19.1 Å². The molecule has 2 rings (SSSR count). The molecule has 0 saturated carbocycles. The third kappa shape index (κ3) is 1.59. The molecular formula is C11H14N2O3. The van der Waals surface area contributed by atoms with Crippen molar-refractivity contribution >= 4 is 5.91 Å². The number of carbonyl (C=O) groups excluding carboxylic acids is 1. The predicted octanol–water partition coefficient (Wildman–Crippen LogP) is -0.306. The van der Waals surface area contributed by atoms with Crippen molar-refractivity contribution in [1.82, 2.24) is 10.4 Å². The molecule has 1 aromatic rings. The quantitative estimate of drug-likeness (QED) is 0.570. The van der Waals surface area contributed by atoms with Crippen molar-refractivity contribution in [3.63, 3.8) is 0 Å². The van der Waals surface area contributed by atoms with Gasteiger partial charge in [0, 0.05) is 7.05 Å². The smallest absolute Gasteiger partial charge is 0.298 e. The lowest BCUT2D eigenvalue weighted by Crippen LogP contribution is -2.41. The molecule has 1 aliphatic rings. The molecule has 1 saturated heterocycles. The van der Waals surface area contributed by atoms with Crippen molar-refractivity contribution in [3.05, 3.63) is 35.4 Å². The molecule has 86 valence electrons. The van der Waals surface area contributed by atoms with Crippen LogP contribution in [0, 0.1) is 6.92 Å². The molecule has 3 N–H and O–H groups in total. The van der Waals surface area contributed by atoms with Gasteiger partial charge in [-0.15, -0.1) is 0 Å². The Morgan fingerprint density at radius 3 is 2.31 bits per heavy atom. The van der Waals surface area contributed by atoms with Crippen molar-refractivity contribution in [1.29, 1.82) is 0 Å². The van der Waals surface area contributed by atoms with Gasteiger partial charge in [0.1, 0.15) is 6.04 Å². The van der Waals surface area contributed by atoms with E-state index in [0.29, 0.717) is 5.56 Å². The molecule has 0 aromatic heterocycles. The number of nitrogens with zero attached hydrogens (tertiary/aromatic N) is 1. The van der Waals surface area contributed by atoms with E-state index >= 15 is 0 Å². The van der Waals surface area contributed by atoms with Gasteiger partial charge in [-0.25, -0.2) is 5.43 Å². The Labute approximate surface area is 93.3 Å². The van der Waals surface area contributed by atoms with Gasteiger partial charge in [-0.2, -0.15) is 0 Å². The molecule has 0 radical (unpaired) electrons. The number of rotatable bonds is 1. The van der Waals surface area contributed by atoms with Crippen LogP contribution in [0.1, 0.15) is 17.2 Å². The Morgan fingerprint density at radius 2 is 1.88 bits per heavy atom. The number of amides is 1. The van der Waals surface area contributed by atoms with Crippen molar-refractivity contribution in [2.75, 3.05) is 7.05 Å². The average Bonchev–Trinajstić information content (AvgIpc) is 2.44. The van der Waals surface area contributed by atoms with Gasteiger partial charge in [0.2, 0.25) is 0 Å². The molecule has 1 amide bonds. The van der Waals surface area contributed by atoms with Crippen LogP contribution in [0.4, 0.5) is 0 Å². The molecule has 1 heterocycles. The van der Waals surface area contributed by atoms with Gasteiger partial charge >= 0.3 is 0 Å². The summed E-state index contributed by atoms with van der Waals surface area (Å²) in [4.78, 5) is 11.4.